The van der Waals surface area contributed by atoms with Gasteiger partial charge in [-0.25, -0.2) is 8.42 Å². The summed E-state index contributed by atoms with van der Waals surface area (Å²) in [5, 5.41) is 5.70. The number of para-hydroxylation sites is 1. The molecule has 3 rings (SSSR count). The number of amides is 2. The highest BCUT2D eigenvalue weighted by atomic mass is 32.2. The van der Waals surface area contributed by atoms with Crippen molar-refractivity contribution in [2.45, 2.75) is 43.0 Å². The van der Waals surface area contributed by atoms with Gasteiger partial charge in [0.1, 0.15) is 0 Å². The molecule has 0 bridgehead atoms. The Labute approximate surface area is 217 Å². The van der Waals surface area contributed by atoms with Gasteiger partial charge in [-0.05, 0) is 87.2 Å². The van der Waals surface area contributed by atoms with Crippen LogP contribution in [0.25, 0.3) is 0 Å². The normalized spacial score (nSPS) is 12.0. The summed E-state index contributed by atoms with van der Waals surface area (Å²) in [7, 11) is -3.76. The van der Waals surface area contributed by atoms with Gasteiger partial charge in [-0.2, -0.15) is 0 Å². The number of nitrogens with zero attached hydrogens (tertiary/aromatic N) is 1. The molecule has 0 spiro atoms. The lowest BCUT2D eigenvalue weighted by Crippen LogP contribution is -2.32. The second-order valence-corrected chi connectivity index (χ2v) is 10.9. The Hall–Kier alpha value is -3.30. The third kappa shape index (κ3) is 6.27. The standard InChI is InChI=1S/C27H31N3O4S2/c1-5-19(3)28-27(32)24-9-7-8-10-25(24)29-26(31)20-11-13-21(14-12-20)30(6-2)36(33,34)23-17-15-22(35-4)16-18-23/h7-19H,5-6H2,1-4H3,(H,28,32)(H,29,31). The van der Waals surface area contributed by atoms with Gasteiger partial charge in [-0.3, -0.25) is 13.9 Å². The van der Waals surface area contributed by atoms with Crippen molar-refractivity contribution in [1.29, 1.82) is 0 Å². The Bertz CT molecular complexity index is 1310. The summed E-state index contributed by atoms with van der Waals surface area (Å²) < 4.78 is 27.8. The van der Waals surface area contributed by atoms with E-state index in [-0.39, 0.29) is 23.4 Å². The van der Waals surface area contributed by atoms with Gasteiger partial charge < -0.3 is 10.6 Å². The first-order chi connectivity index (χ1) is 17.2. The number of benzene rings is 3. The number of hydrogen-bond acceptors (Lipinski definition) is 5. The van der Waals surface area contributed by atoms with Crippen LogP contribution in [0, 0.1) is 0 Å². The van der Waals surface area contributed by atoms with Gasteiger partial charge in [0.25, 0.3) is 21.8 Å². The van der Waals surface area contributed by atoms with E-state index >= 15 is 0 Å². The number of carbonyl (C=O) groups is 2. The van der Waals surface area contributed by atoms with E-state index in [1.807, 2.05) is 20.1 Å². The number of rotatable bonds is 10. The summed E-state index contributed by atoms with van der Waals surface area (Å²) in [5.74, 6) is -0.658. The molecule has 9 heteroatoms. The number of sulfonamides is 1. The number of nitrogens with one attached hydrogen (secondary N) is 2. The third-order valence-electron chi connectivity index (χ3n) is 5.76. The molecule has 2 N–H and O–H groups in total. The van der Waals surface area contributed by atoms with Crippen molar-refractivity contribution in [3.8, 4) is 0 Å². The van der Waals surface area contributed by atoms with Crippen LogP contribution in [0.1, 0.15) is 47.9 Å². The Kier molecular flexibility index (Phi) is 9.17. The van der Waals surface area contributed by atoms with Crippen LogP contribution in [0.4, 0.5) is 11.4 Å². The molecule has 2 amide bonds. The van der Waals surface area contributed by atoms with Crippen molar-refractivity contribution in [1.82, 2.24) is 5.32 Å². The van der Waals surface area contributed by atoms with Crippen LogP contribution in [0.15, 0.2) is 82.6 Å². The van der Waals surface area contributed by atoms with Crippen LogP contribution >= 0.6 is 11.8 Å². The van der Waals surface area contributed by atoms with E-state index in [4.69, 9.17) is 0 Å². The molecule has 7 nitrogen and oxygen atoms in total. The molecule has 3 aromatic carbocycles. The Balaban J connectivity index is 1.79. The molecule has 0 saturated carbocycles. The maximum absolute atomic E-state index is 13.2. The molecule has 0 aliphatic heterocycles. The third-order valence-corrected chi connectivity index (χ3v) is 8.42. The molecule has 0 aliphatic carbocycles. The Morgan fingerprint density at radius 3 is 2.14 bits per heavy atom. The van der Waals surface area contributed by atoms with Gasteiger partial charge in [-0.1, -0.05) is 19.1 Å². The van der Waals surface area contributed by atoms with Crippen molar-refractivity contribution in [2.75, 3.05) is 22.4 Å². The lowest BCUT2D eigenvalue weighted by Gasteiger charge is -2.23. The molecule has 1 unspecified atom stereocenters. The molecular weight excluding hydrogens is 494 g/mol. The van der Waals surface area contributed by atoms with Gasteiger partial charge in [-0.15, -0.1) is 11.8 Å². The fraction of sp³-hybridized carbons (Fsp3) is 0.259. The number of hydrogen-bond donors (Lipinski definition) is 2. The SMILES string of the molecule is CCC(C)NC(=O)c1ccccc1NC(=O)c1ccc(N(CC)S(=O)(=O)c2ccc(SC)cc2)cc1. The van der Waals surface area contributed by atoms with Crippen molar-refractivity contribution in [3.63, 3.8) is 0 Å². The van der Waals surface area contributed by atoms with Crippen LogP contribution in [-0.2, 0) is 10.0 Å². The van der Waals surface area contributed by atoms with Crippen LogP contribution in [0.3, 0.4) is 0 Å². The highest BCUT2D eigenvalue weighted by Gasteiger charge is 2.24. The van der Waals surface area contributed by atoms with Gasteiger partial charge in [0.05, 0.1) is 21.8 Å². The summed E-state index contributed by atoms with van der Waals surface area (Å²) >= 11 is 1.54. The Morgan fingerprint density at radius 2 is 1.56 bits per heavy atom. The van der Waals surface area contributed by atoms with Gasteiger partial charge >= 0.3 is 0 Å². The van der Waals surface area contributed by atoms with E-state index in [9.17, 15) is 18.0 Å². The first-order valence-corrected chi connectivity index (χ1v) is 14.4. The minimum atomic E-state index is -3.76. The molecule has 190 valence electrons. The van der Waals surface area contributed by atoms with Crippen LogP contribution in [0.2, 0.25) is 0 Å². The summed E-state index contributed by atoms with van der Waals surface area (Å²) in [6, 6.07) is 19.9. The number of anilines is 2. The van der Waals surface area contributed by atoms with E-state index in [0.717, 1.165) is 11.3 Å². The minimum Gasteiger partial charge on any atom is -0.350 e. The first-order valence-electron chi connectivity index (χ1n) is 11.7. The van der Waals surface area contributed by atoms with Gasteiger partial charge in [0.15, 0.2) is 0 Å². The fourth-order valence-electron chi connectivity index (χ4n) is 3.53. The van der Waals surface area contributed by atoms with Crippen molar-refractivity contribution < 1.29 is 18.0 Å². The largest absolute Gasteiger partial charge is 0.350 e. The fourth-order valence-corrected chi connectivity index (χ4v) is 5.42. The minimum absolute atomic E-state index is 0.00932. The lowest BCUT2D eigenvalue weighted by atomic mass is 10.1. The molecule has 0 aromatic heterocycles. The summed E-state index contributed by atoms with van der Waals surface area (Å²) in [6.07, 6.45) is 2.72. The molecule has 36 heavy (non-hydrogen) atoms. The molecule has 0 aliphatic rings. The Morgan fingerprint density at radius 1 is 0.917 bits per heavy atom. The summed E-state index contributed by atoms with van der Waals surface area (Å²) in [5.41, 5.74) is 1.57. The van der Waals surface area contributed by atoms with Crippen molar-refractivity contribution in [2.24, 2.45) is 0 Å². The van der Waals surface area contributed by atoms with Crippen molar-refractivity contribution in [3.05, 3.63) is 83.9 Å². The molecule has 1 atom stereocenters. The maximum Gasteiger partial charge on any atom is 0.264 e. The number of thioether (sulfide) groups is 1. The molecule has 0 saturated heterocycles. The smallest absolute Gasteiger partial charge is 0.264 e. The predicted molar refractivity (Wildman–Crippen MR) is 146 cm³/mol. The monoisotopic (exact) mass is 525 g/mol. The molecule has 0 radical (unpaired) electrons. The van der Waals surface area contributed by atoms with E-state index in [0.29, 0.717) is 22.5 Å². The zero-order valence-corrected chi connectivity index (χ0v) is 22.4. The molecule has 3 aromatic rings. The predicted octanol–water partition coefficient (Wildman–Crippen LogP) is 5.40. The maximum atomic E-state index is 13.2. The second-order valence-electron chi connectivity index (χ2n) is 8.17. The topological polar surface area (TPSA) is 95.6 Å². The molecule has 0 fully saturated rings. The summed E-state index contributed by atoms with van der Waals surface area (Å²) in [4.78, 5) is 26.7. The highest BCUT2D eigenvalue weighted by Crippen LogP contribution is 2.26. The average molecular weight is 526 g/mol. The van der Waals surface area contributed by atoms with E-state index in [1.54, 1.807) is 91.5 Å². The average Bonchev–Trinajstić information content (AvgIpc) is 2.89. The number of carbonyl (C=O) groups excluding carboxylic acids is 2. The quantitative estimate of drug-likeness (QED) is 0.345. The first kappa shape index (κ1) is 27.3. The highest BCUT2D eigenvalue weighted by molar-refractivity contribution is 7.98. The van der Waals surface area contributed by atoms with Crippen LogP contribution < -0.4 is 14.9 Å². The van der Waals surface area contributed by atoms with E-state index < -0.39 is 15.9 Å². The van der Waals surface area contributed by atoms with E-state index in [2.05, 4.69) is 10.6 Å². The van der Waals surface area contributed by atoms with Crippen LogP contribution in [-0.4, -0.2) is 39.1 Å². The molecule has 0 heterocycles. The van der Waals surface area contributed by atoms with Gasteiger partial charge in [0, 0.05) is 23.0 Å². The second kappa shape index (κ2) is 12.1. The zero-order chi connectivity index (χ0) is 26.3. The zero-order valence-electron chi connectivity index (χ0n) is 20.8. The lowest BCUT2D eigenvalue weighted by molar-refractivity contribution is 0.0940. The van der Waals surface area contributed by atoms with Crippen LogP contribution in [0.5, 0.6) is 0 Å². The molecular formula is C27H31N3O4S2. The van der Waals surface area contributed by atoms with E-state index in [1.165, 1.54) is 4.31 Å². The summed E-state index contributed by atoms with van der Waals surface area (Å²) in [6.45, 7) is 5.89. The van der Waals surface area contributed by atoms with Gasteiger partial charge in [0.2, 0.25) is 0 Å². The van der Waals surface area contributed by atoms with Crippen molar-refractivity contribution >= 4 is 45.0 Å².